The number of sulfone groups is 1. The van der Waals surface area contributed by atoms with E-state index in [2.05, 4.69) is 4.99 Å². The number of aliphatic imine (C=N–C) groups is 1. The van der Waals surface area contributed by atoms with Crippen LogP contribution in [0, 0.1) is 5.92 Å². The van der Waals surface area contributed by atoms with Gasteiger partial charge in [0, 0.05) is 22.9 Å². The van der Waals surface area contributed by atoms with Gasteiger partial charge in [0.05, 0.1) is 17.5 Å². The second kappa shape index (κ2) is 6.45. The minimum Gasteiger partial charge on any atom is -0.454 e. The lowest BCUT2D eigenvalue weighted by Crippen LogP contribution is -2.37. The first-order valence-electron chi connectivity index (χ1n) is 8.56. The summed E-state index contributed by atoms with van der Waals surface area (Å²) in [7, 11) is -3.09. The van der Waals surface area contributed by atoms with Crippen molar-refractivity contribution in [3.05, 3.63) is 18.2 Å². The number of amides is 1. The summed E-state index contributed by atoms with van der Waals surface area (Å²) in [6.45, 7) is 3.96. The van der Waals surface area contributed by atoms with Gasteiger partial charge in [-0.3, -0.25) is 4.79 Å². The molecule has 3 atom stereocenters. The number of thioether (sulfide) groups is 1. The average molecular weight is 396 g/mol. The van der Waals surface area contributed by atoms with Crippen molar-refractivity contribution < 1.29 is 22.7 Å². The summed E-state index contributed by atoms with van der Waals surface area (Å²) >= 11 is 1.38. The van der Waals surface area contributed by atoms with Gasteiger partial charge in [-0.2, -0.15) is 4.99 Å². The Hall–Kier alpha value is -1.74. The van der Waals surface area contributed by atoms with Crippen LogP contribution in [0.25, 0.3) is 0 Å². The summed E-state index contributed by atoms with van der Waals surface area (Å²) in [4.78, 5) is 18.6. The fourth-order valence-electron chi connectivity index (χ4n) is 3.28. The van der Waals surface area contributed by atoms with Gasteiger partial charge in [-0.1, -0.05) is 25.6 Å². The van der Waals surface area contributed by atoms with Crippen molar-refractivity contribution >= 4 is 38.4 Å². The standard InChI is InChI=1S/C17H20N2O5S2/c1-3-10(2)16(20)18-17-19(12-7-26(21,22)8-15(12)25-17)11-4-5-13-14(6-11)24-9-23-13/h4-6,10,12,15H,3,7-9H2,1-2H3/t10-,12-,15-/m0/s1. The van der Waals surface area contributed by atoms with E-state index in [4.69, 9.17) is 9.47 Å². The first-order chi connectivity index (χ1) is 12.4. The summed E-state index contributed by atoms with van der Waals surface area (Å²) in [5.74, 6) is 1.11. The molecule has 0 aromatic heterocycles. The van der Waals surface area contributed by atoms with Gasteiger partial charge in [0.25, 0.3) is 5.91 Å². The number of benzene rings is 1. The van der Waals surface area contributed by atoms with Crippen LogP contribution in [0.4, 0.5) is 5.69 Å². The topological polar surface area (TPSA) is 85.3 Å². The molecule has 1 amide bonds. The Bertz CT molecular complexity index is 883. The molecule has 9 heteroatoms. The maximum absolute atomic E-state index is 12.4. The molecule has 0 bridgehead atoms. The molecule has 0 aliphatic carbocycles. The summed E-state index contributed by atoms with van der Waals surface area (Å²) < 4.78 is 35.0. The number of nitrogens with zero attached hydrogens (tertiary/aromatic N) is 2. The van der Waals surface area contributed by atoms with E-state index in [0.717, 1.165) is 5.69 Å². The van der Waals surface area contributed by atoms with E-state index >= 15 is 0 Å². The molecule has 3 heterocycles. The molecule has 1 aromatic rings. The molecular formula is C17H20N2O5S2. The summed E-state index contributed by atoms with van der Waals surface area (Å²) in [6.07, 6.45) is 0.714. The third-order valence-electron chi connectivity index (χ3n) is 4.94. The number of ether oxygens (including phenoxy) is 2. The maximum atomic E-state index is 12.4. The molecule has 3 aliphatic rings. The zero-order chi connectivity index (χ0) is 18.5. The Labute approximate surface area is 156 Å². The molecule has 0 radical (unpaired) electrons. The average Bonchev–Trinajstić information content (AvgIpc) is 3.25. The van der Waals surface area contributed by atoms with Crippen LogP contribution in [0.5, 0.6) is 11.5 Å². The van der Waals surface area contributed by atoms with Crippen LogP contribution < -0.4 is 14.4 Å². The predicted octanol–water partition coefficient (Wildman–Crippen LogP) is 2.06. The van der Waals surface area contributed by atoms with Gasteiger partial charge >= 0.3 is 0 Å². The largest absolute Gasteiger partial charge is 0.454 e. The van der Waals surface area contributed by atoms with E-state index in [9.17, 15) is 13.2 Å². The van der Waals surface area contributed by atoms with Gasteiger partial charge in [0.1, 0.15) is 0 Å². The minimum atomic E-state index is -3.09. The molecule has 7 nitrogen and oxygen atoms in total. The number of amidine groups is 1. The second-order valence-corrected chi connectivity index (χ2v) is 10.1. The van der Waals surface area contributed by atoms with Crippen LogP contribution >= 0.6 is 11.8 Å². The van der Waals surface area contributed by atoms with Gasteiger partial charge in [0.15, 0.2) is 26.5 Å². The van der Waals surface area contributed by atoms with Gasteiger partial charge < -0.3 is 14.4 Å². The summed E-state index contributed by atoms with van der Waals surface area (Å²) in [5.41, 5.74) is 0.766. The van der Waals surface area contributed by atoms with E-state index < -0.39 is 9.84 Å². The van der Waals surface area contributed by atoms with E-state index in [1.54, 1.807) is 6.07 Å². The zero-order valence-corrected chi connectivity index (χ0v) is 16.2. The van der Waals surface area contributed by atoms with Crippen molar-refractivity contribution in [1.82, 2.24) is 0 Å². The van der Waals surface area contributed by atoms with E-state index in [1.165, 1.54) is 11.8 Å². The molecule has 0 N–H and O–H groups in total. The Kier molecular flexibility index (Phi) is 4.38. The third kappa shape index (κ3) is 3.07. The van der Waals surface area contributed by atoms with Crippen LogP contribution in [0.2, 0.25) is 0 Å². The minimum absolute atomic E-state index is 0.0651. The van der Waals surface area contributed by atoms with Crippen LogP contribution in [0.15, 0.2) is 23.2 Å². The van der Waals surface area contributed by atoms with Gasteiger partial charge in [-0.15, -0.1) is 0 Å². The number of fused-ring (bicyclic) bond motifs is 2. The molecule has 4 rings (SSSR count). The maximum Gasteiger partial charge on any atom is 0.250 e. The molecule has 0 unspecified atom stereocenters. The highest BCUT2D eigenvalue weighted by atomic mass is 32.2. The van der Waals surface area contributed by atoms with Crippen molar-refractivity contribution in [2.75, 3.05) is 23.2 Å². The highest BCUT2D eigenvalue weighted by molar-refractivity contribution is 8.16. The van der Waals surface area contributed by atoms with Crippen molar-refractivity contribution in [3.63, 3.8) is 0 Å². The number of anilines is 1. The van der Waals surface area contributed by atoms with Crippen LogP contribution in [0.3, 0.4) is 0 Å². The van der Waals surface area contributed by atoms with Crippen molar-refractivity contribution in [1.29, 1.82) is 0 Å². The smallest absolute Gasteiger partial charge is 0.250 e. The first kappa shape index (κ1) is 17.7. The van der Waals surface area contributed by atoms with Crippen LogP contribution in [0.1, 0.15) is 20.3 Å². The lowest BCUT2D eigenvalue weighted by molar-refractivity contribution is -0.121. The van der Waals surface area contributed by atoms with Crippen molar-refractivity contribution in [2.45, 2.75) is 31.6 Å². The lowest BCUT2D eigenvalue weighted by atomic mass is 10.1. The Morgan fingerprint density at radius 2 is 2.12 bits per heavy atom. The van der Waals surface area contributed by atoms with Gasteiger partial charge in [-0.25, -0.2) is 8.42 Å². The highest BCUT2D eigenvalue weighted by Crippen LogP contribution is 2.44. The molecule has 2 fully saturated rings. The Morgan fingerprint density at radius 3 is 2.88 bits per heavy atom. The lowest BCUT2D eigenvalue weighted by Gasteiger charge is -2.24. The normalized spacial score (nSPS) is 28.4. The summed E-state index contributed by atoms with van der Waals surface area (Å²) in [6, 6.07) is 5.24. The molecule has 3 aliphatic heterocycles. The number of rotatable bonds is 3. The fraction of sp³-hybridized carbons (Fsp3) is 0.529. The molecule has 0 saturated carbocycles. The Balaban J connectivity index is 1.73. The third-order valence-corrected chi connectivity index (χ3v) is 8.15. The fourth-order valence-corrected chi connectivity index (χ4v) is 7.20. The van der Waals surface area contributed by atoms with Gasteiger partial charge in [-0.05, 0) is 18.6 Å². The van der Waals surface area contributed by atoms with Gasteiger partial charge in [0.2, 0.25) is 6.79 Å². The molecule has 2 saturated heterocycles. The quantitative estimate of drug-likeness (QED) is 0.773. The number of carbonyl (C=O) groups is 1. The summed E-state index contributed by atoms with van der Waals surface area (Å²) in [5, 5.41) is 0.452. The first-order valence-corrected chi connectivity index (χ1v) is 11.3. The van der Waals surface area contributed by atoms with Crippen LogP contribution in [-0.4, -0.2) is 49.1 Å². The SMILES string of the molecule is CC[C@H](C)C(=O)N=C1S[C@H]2CS(=O)(=O)C[C@@H]2N1c1ccc2c(c1)OCO2. The van der Waals surface area contributed by atoms with Crippen molar-refractivity contribution in [2.24, 2.45) is 10.9 Å². The van der Waals surface area contributed by atoms with E-state index in [1.807, 2.05) is 30.9 Å². The zero-order valence-electron chi connectivity index (χ0n) is 14.5. The number of carbonyl (C=O) groups excluding carboxylic acids is 1. The predicted molar refractivity (Wildman–Crippen MR) is 101 cm³/mol. The van der Waals surface area contributed by atoms with E-state index in [0.29, 0.717) is 23.1 Å². The monoisotopic (exact) mass is 396 g/mol. The van der Waals surface area contributed by atoms with E-state index in [-0.39, 0.29) is 41.4 Å². The number of hydrogen-bond donors (Lipinski definition) is 0. The molecule has 1 aromatic carbocycles. The Morgan fingerprint density at radius 1 is 1.35 bits per heavy atom. The molecule has 0 spiro atoms. The molecule has 26 heavy (non-hydrogen) atoms. The highest BCUT2D eigenvalue weighted by Gasteiger charge is 2.49. The second-order valence-electron chi connectivity index (χ2n) is 6.75. The molecular weight excluding hydrogens is 376 g/mol. The van der Waals surface area contributed by atoms with Crippen LogP contribution in [-0.2, 0) is 14.6 Å². The van der Waals surface area contributed by atoms with Crippen molar-refractivity contribution in [3.8, 4) is 11.5 Å². The molecule has 140 valence electrons. The number of hydrogen-bond acceptors (Lipinski definition) is 6.